The van der Waals surface area contributed by atoms with E-state index in [1.165, 1.54) is 0 Å². The van der Waals surface area contributed by atoms with Crippen LogP contribution in [0.2, 0.25) is 0 Å². The number of benzene rings is 1. The van der Waals surface area contributed by atoms with Crippen molar-refractivity contribution in [3.05, 3.63) is 21.3 Å². The summed E-state index contributed by atoms with van der Waals surface area (Å²) >= 11 is 2.27. The molecule has 17 heavy (non-hydrogen) atoms. The molecular weight excluding hydrogens is 329 g/mol. The van der Waals surface area contributed by atoms with Crippen molar-refractivity contribution in [2.24, 2.45) is 4.99 Å². The lowest BCUT2D eigenvalue weighted by Crippen LogP contribution is -2.10. The minimum Gasteiger partial charge on any atom is -0.493 e. The molecule has 1 aromatic rings. The summed E-state index contributed by atoms with van der Waals surface area (Å²) in [4.78, 5) is 4.49. The fourth-order valence-corrected chi connectivity index (χ4v) is 1.81. The Hall–Kier alpha value is -0.780. The van der Waals surface area contributed by atoms with Crippen LogP contribution in [-0.4, -0.2) is 26.0 Å². The van der Waals surface area contributed by atoms with Gasteiger partial charge in [-0.05, 0) is 55.5 Å². The Balaban J connectivity index is 3.13. The average Bonchev–Trinajstić information content (AvgIpc) is 2.25. The quantitative estimate of drug-likeness (QED) is 0.619. The molecule has 0 unspecified atom stereocenters. The van der Waals surface area contributed by atoms with E-state index < -0.39 is 0 Å². The molecule has 0 aromatic heterocycles. The molecule has 0 aliphatic rings. The molecule has 0 saturated carbocycles. The third-order valence-corrected chi connectivity index (χ3v) is 3.03. The second-order valence-corrected chi connectivity index (χ2v) is 5.82. The summed E-state index contributed by atoms with van der Waals surface area (Å²) in [6.45, 7) is 6.20. The Kier molecular flexibility index (Phi) is 4.80. The summed E-state index contributed by atoms with van der Waals surface area (Å²) in [5.74, 6) is 1.47. The first-order valence-electron chi connectivity index (χ1n) is 5.34. The summed E-state index contributed by atoms with van der Waals surface area (Å²) in [7, 11) is 3.27. The number of halogens is 1. The largest absolute Gasteiger partial charge is 0.493 e. The van der Waals surface area contributed by atoms with Gasteiger partial charge >= 0.3 is 0 Å². The first kappa shape index (κ1) is 14.3. The van der Waals surface area contributed by atoms with Crippen LogP contribution in [0.15, 0.2) is 17.1 Å². The molecule has 0 bridgehead atoms. The van der Waals surface area contributed by atoms with Crippen LogP contribution in [0.4, 0.5) is 0 Å². The number of aliphatic imine (C=N–C) groups is 1. The average molecular weight is 347 g/mol. The fourth-order valence-electron chi connectivity index (χ4n) is 1.23. The molecule has 0 saturated heterocycles. The van der Waals surface area contributed by atoms with Gasteiger partial charge in [-0.15, -0.1) is 0 Å². The molecule has 1 rings (SSSR count). The maximum absolute atomic E-state index is 5.27. The number of methoxy groups -OCH3 is 2. The van der Waals surface area contributed by atoms with Gasteiger partial charge in [0, 0.05) is 15.3 Å². The summed E-state index contributed by atoms with van der Waals surface area (Å²) in [6, 6.07) is 3.89. The van der Waals surface area contributed by atoms with Crippen LogP contribution in [0.1, 0.15) is 26.3 Å². The number of ether oxygens (including phenoxy) is 2. The van der Waals surface area contributed by atoms with Crippen LogP contribution in [0.3, 0.4) is 0 Å². The molecule has 0 N–H and O–H groups in total. The van der Waals surface area contributed by atoms with E-state index in [1.54, 1.807) is 14.2 Å². The van der Waals surface area contributed by atoms with Crippen molar-refractivity contribution in [2.45, 2.75) is 26.3 Å². The zero-order chi connectivity index (χ0) is 13.1. The number of hydrogen-bond donors (Lipinski definition) is 0. The van der Waals surface area contributed by atoms with Crippen LogP contribution in [0, 0.1) is 3.57 Å². The molecule has 0 heterocycles. The van der Waals surface area contributed by atoms with Crippen molar-refractivity contribution in [1.82, 2.24) is 0 Å². The number of nitrogens with zero attached hydrogens (tertiary/aromatic N) is 1. The minimum atomic E-state index is -0.0732. The Morgan fingerprint density at radius 3 is 2.12 bits per heavy atom. The molecule has 1 aromatic carbocycles. The summed E-state index contributed by atoms with van der Waals surface area (Å²) in [5, 5.41) is 0. The van der Waals surface area contributed by atoms with Crippen molar-refractivity contribution >= 4 is 28.8 Å². The lowest BCUT2D eigenvalue weighted by Gasteiger charge is -2.13. The SMILES string of the molecule is COc1cc(I)c(C=NC(C)(C)C)cc1OC. The maximum atomic E-state index is 5.27. The van der Waals surface area contributed by atoms with Gasteiger partial charge < -0.3 is 9.47 Å². The summed E-state index contributed by atoms with van der Waals surface area (Å²) in [6.07, 6.45) is 1.88. The van der Waals surface area contributed by atoms with Gasteiger partial charge in [0.25, 0.3) is 0 Å². The van der Waals surface area contributed by atoms with E-state index in [1.807, 2.05) is 18.3 Å². The highest BCUT2D eigenvalue weighted by atomic mass is 127. The van der Waals surface area contributed by atoms with E-state index in [0.29, 0.717) is 0 Å². The zero-order valence-corrected chi connectivity index (χ0v) is 13.0. The van der Waals surface area contributed by atoms with Crippen LogP contribution in [0.25, 0.3) is 0 Å². The lowest BCUT2D eigenvalue weighted by atomic mass is 10.1. The Morgan fingerprint density at radius 1 is 1.12 bits per heavy atom. The summed E-state index contributed by atoms with van der Waals surface area (Å²) in [5.41, 5.74) is 0.967. The first-order valence-corrected chi connectivity index (χ1v) is 6.42. The monoisotopic (exact) mass is 347 g/mol. The highest BCUT2D eigenvalue weighted by molar-refractivity contribution is 14.1. The predicted octanol–water partition coefficient (Wildman–Crippen LogP) is 3.53. The smallest absolute Gasteiger partial charge is 0.161 e. The minimum absolute atomic E-state index is 0.0732. The van der Waals surface area contributed by atoms with Crippen LogP contribution in [-0.2, 0) is 0 Å². The Morgan fingerprint density at radius 2 is 1.65 bits per heavy atom. The molecule has 4 heteroatoms. The Bertz CT molecular complexity index is 422. The van der Waals surface area contributed by atoms with E-state index >= 15 is 0 Å². The van der Waals surface area contributed by atoms with Gasteiger partial charge in [0.2, 0.25) is 0 Å². The second-order valence-electron chi connectivity index (χ2n) is 4.66. The molecule has 0 atom stereocenters. The standard InChI is InChI=1S/C13H18INO2/c1-13(2,3)15-8-9-6-11(16-4)12(17-5)7-10(9)14/h6-8H,1-5H3. The third-order valence-electron chi connectivity index (χ3n) is 2.09. The summed E-state index contributed by atoms with van der Waals surface area (Å²) < 4.78 is 11.6. The molecule has 0 spiro atoms. The maximum Gasteiger partial charge on any atom is 0.161 e. The zero-order valence-electron chi connectivity index (χ0n) is 10.9. The van der Waals surface area contributed by atoms with E-state index in [4.69, 9.17) is 9.47 Å². The fraction of sp³-hybridized carbons (Fsp3) is 0.462. The van der Waals surface area contributed by atoms with Gasteiger partial charge in [0.15, 0.2) is 11.5 Å². The van der Waals surface area contributed by atoms with Crippen molar-refractivity contribution in [1.29, 1.82) is 0 Å². The predicted molar refractivity (Wildman–Crippen MR) is 79.6 cm³/mol. The normalized spacial score (nSPS) is 11.9. The van der Waals surface area contributed by atoms with Crippen molar-refractivity contribution in [2.75, 3.05) is 14.2 Å². The van der Waals surface area contributed by atoms with Crippen LogP contribution < -0.4 is 9.47 Å². The van der Waals surface area contributed by atoms with E-state index in [-0.39, 0.29) is 5.54 Å². The van der Waals surface area contributed by atoms with E-state index in [0.717, 1.165) is 20.6 Å². The van der Waals surface area contributed by atoms with Crippen LogP contribution >= 0.6 is 22.6 Å². The molecule has 94 valence electrons. The number of rotatable bonds is 3. The van der Waals surface area contributed by atoms with Gasteiger partial charge in [-0.3, -0.25) is 4.99 Å². The van der Waals surface area contributed by atoms with E-state index in [9.17, 15) is 0 Å². The van der Waals surface area contributed by atoms with Gasteiger partial charge in [0.05, 0.1) is 19.8 Å². The van der Waals surface area contributed by atoms with Gasteiger partial charge in [-0.25, -0.2) is 0 Å². The van der Waals surface area contributed by atoms with Crippen molar-refractivity contribution < 1.29 is 9.47 Å². The van der Waals surface area contributed by atoms with Gasteiger partial charge in [-0.2, -0.15) is 0 Å². The molecule has 0 amide bonds. The van der Waals surface area contributed by atoms with E-state index in [2.05, 4.69) is 48.4 Å². The van der Waals surface area contributed by atoms with Crippen molar-refractivity contribution in [3.8, 4) is 11.5 Å². The number of hydrogen-bond acceptors (Lipinski definition) is 3. The molecule has 3 nitrogen and oxygen atoms in total. The first-order chi connectivity index (χ1) is 7.87. The molecule has 0 aliphatic heterocycles. The topological polar surface area (TPSA) is 30.8 Å². The molecular formula is C13H18INO2. The second kappa shape index (κ2) is 5.71. The molecule has 0 aliphatic carbocycles. The third kappa shape index (κ3) is 4.18. The highest BCUT2D eigenvalue weighted by Crippen LogP contribution is 2.30. The molecule has 0 radical (unpaired) electrons. The van der Waals surface area contributed by atoms with Gasteiger partial charge in [0.1, 0.15) is 0 Å². The highest BCUT2D eigenvalue weighted by Gasteiger charge is 2.10. The van der Waals surface area contributed by atoms with Gasteiger partial charge in [-0.1, -0.05) is 0 Å². The lowest BCUT2D eigenvalue weighted by molar-refractivity contribution is 0.354. The van der Waals surface area contributed by atoms with Crippen molar-refractivity contribution in [3.63, 3.8) is 0 Å². The Labute approximate surface area is 116 Å². The molecule has 0 fully saturated rings. The van der Waals surface area contributed by atoms with Crippen LogP contribution in [0.5, 0.6) is 11.5 Å².